The van der Waals surface area contributed by atoms with Crippen LogP contribution in [-0.4, -0.2) is 5.78 Å². The zero-order chi connectivity index (χ0) is 7.98. The second-order valence-corrected chi connectivity index (χ2v) is 2.32. The van der Waals surface area contributed by atoms with Crippen LogP contribution in [0.4, 0.5) is 0 Å². The van der Waals surface area contributed by atoms with Crippen molar-refractivity contribution in [2.45, 2.75) is 19.8 Å². The predicted octanol–water partition coefficient (Wildman–Crippen LogP) is 2.34. The van der Waals surface area contributed by atoms with Crippen molar-refractivity contribution in [1.82, 2.24) is 0 Å². The summed E-state index contributed by atoms with van der Waals surface area (Å²) in [6.07, 6.45) is 5.25. The minimum atomic E-state index is 0.0259. The Morgan fingerprint density at radius 2 is 2.20 bits per heavy atom. The average Bonchev–Trinajstić information content (AvgIpc) is 1.89. The number of hydrogen-bond donors (Lipinski definition) is 0. The minimum Gasteiger partial charge on any atom is -0.299 e. The average molecular weight is 138 g/mol. The van der Waals surface area contributed by atoms with Crippen molar-refractivity contribution in [2.24, 2.45) is 5.92 Å². The van der Waals surface area contributed by atoms with Gasteiger partial charge in [-0.05, 0) is 19.8 Å². The van der Waals surface area contributed by atoms with E-state index >= 15 is 0 Å². The molecule has 1 unspecified atom stereocenters. The Bertz CT molecular complexity index is 136. The van der Waals surface area contributed by atoms with Gasteiger partial charge in [-0.15, -0.1) is 13.2 Å². The molecule has 0 aromatic carbocycles. The summed E-state index contributed by atoms with van der Waals surface area (Å²) in [5, 5.41) is 0. The summed E-state index contributed by atoms with van der Waals surface area (Å²) in [6, 6.07) is 0. The van der Waals surface area contributed by atoms with Crippen molar-refractivity contribution in [3.8, 4) is 0 Å². The van der Waals surface area contributed by atoms with Crippen molar-refractivity contribution in [2.75, 3.05) is 0 Å². The van der Waals surface area contributed by atoms with Crippen molar-refractivity contribution >= 4 is 5.78 Å². The molecule has 0 aliphatic rings. The molecular formula is C9H14O. The molecule has 0 bridgehead atoms. The number of allylic oxidation sites excluding steroid dienone is 2. The van der Waals surface area contributed by atoms with E-state index in [9.17, 15) is 4.79 Å². The van der Waals surface area contributed by atoms with Crippen LogP contribution in [0.5, 0.6) is 0 Å². The molecule has 1 nitrogen and oxygen atoms in total. The third kappa shape index (κ3) is 3.23. The molecule has 0 aliphatic carbocycles. The highest BCUT2D eigenvalue weighted by Gasteiger charge is 2.06. The summed E-state index contributed by atoms with van der Waals surface area (Å²) in [5.74, 6) is 0.217. The Kier molecular flexibility index (Phi) is 4.55. The van der Waals surface area contributed by atoms with Gasteiger partial charge in [0, 0.05) is 5.92 Å². The second kappa shape index (κ2) is 4.98. The van der Waals surface area contributed by atoms with Gasteiger partial charge in [0.05, 0.1) is 0 Å². The van der Waals surface area contributed by atoms with Crippen molar-refractivity contribution in [3.63, 3.8) is 0 Å². The Labute approximate surface area is 62.4 Å². The van der Waals surface area contributed by atoms with Gasteiger partial charge in [-0.2, -0.15) is 0 Å². The number of Topliss-reactive ketones (excluding diaryl/α,β-unsaturated/α-hetero) is 1. The predicted molar refractivity (Wildman–Crippen MR) is 43.8 cm³/mol. The Balaban J connectivity index is 3.71. The van der Waals surface area contributed by atoms with E-state index in [4.69, 9.17) is 0 Å². The van der Waals surface area contributed by atoms with E-state index < -0.39 is 0 Å². The number of carbonyl (C=O) groups excluding carboxylic acids is 1. The number of carbonyl (C=O) groups is 1. The summed E-state index contributed by atoms with van der Waals surface area (Å²) in [5.41, 5.74) is 0. The second-order valence-electron chi connectivity index (χ2n) is 2.32. The van der Waals surface area contributed by atoms with Gasteiger partial charge in [0.25, 0.3) is 0 Å². The van der Waals surface area contributed by atoms with Gasteiger partial charge in [0.2, 0.25) is 0 Å². The van der Waals surface area contributed by atoms with Crippen LogP contribution in [-0.2, 0) is 4.79 Å². The maximum absolute atomic E-state index is 10.8. The van der Waals surface area contributed by atoms with Gasteiger partial charge in [-0.1, -0.05) is 12.2 Å². The van der Waals surface area contributed by atoms with Gasteiger partial charge in [0.1, 0.15) is 5.78 Å². The van der Waals surface area contributed by atoms with Gasteiger partial charge in [-0.3, -0.25) is 4.79 Å². The fourth-order valence-corrected chi connectivity index (χ4v) is 0.784. The molecule has 0 fully saturated rings. The molecule has 1 atom stereocenters. The van der Waals surface area contributed by atoms with E-state index in [1.807, 2.05) is 6.08 Å². The molecule has 0 radical (unpaired) electrons. The third-order valence-corrected chi connectivity index (χ3v) is 1.49. The monoisotopic (exact) mass is 138 g/mol. The smallest absolute Gasteiger partial charge is 0.136 e. The maximum Gasteiger partial charge on any atom is 0.136 e. The maximum atomic E-state index is 10.8. The molecule has 0 aromatic rings. The first-order chi connectivity index (χ1) is 4.72. The van der Waals surface area contributed by atoms with E-state index in [0.29, 0.717) is 0 Å². The number of rotatable bonds is 5. The van der Waals surface area contributed by atoms with E-state index in [0.717, 1.165) is 12.8 Å². The topological polar surface area (TPSA) is 17.1 Å². The molecule has 0 aromatic heterocycles. The van der Waals surface area contributed by atoms with Gasteiger partial charge in [0.15, 0.2) is 0 Å². The fraction of sp³-hybridized carbons (Fsp3) is 0.444. The standard InChI is InChI=1S/C9H14O/c1-4-6-7-9(5-2)8(3)10/h4-5,9H,1-2,6-7H2,3H3. The normalized spacial score (nSPS) is 12.1. The highest BCUT2D eigenvalue weighted by molar-refractivity contribution is 5.79. The van der Waals surface area contributed by atoms with Crippen LogP contribution in [0.3, 0.4) is 0 Å². The zero-order valence-electron chi connectivity index (χ0n) is 6.47. The van der Waals surface area contributed by atoms with E-state index in [2.05, 4.69) is 13.2 Å². The SMILES string of the molecule is C=CCCC(C=C)C(C)=O. The van der Waals surface area contributed by atoms with Crippen molar-refractivity contribution in [1.29, 1.82) is 0 Å². The molecule has 0 aliphatic heterocycles. The number of ketones is 1. The lowest BCUT2D eigenvalue weighted by molar-refractivity contribution is -0.119. The van der Waals surface area contributed by atoms with Crippen LogP contribution in [0.1, 0.15) is 19.8 Å². The summed E-state index contributed by atoms with van der Waals surface area (Å²) in [4.78, 5) is 10.8. The molecule has 0 spiro atoms. The Morgan fingerprint density at radius 1 is 1.60 bits per heavy atom. The van der Waals surface area contributed by atoms with Crippen LogP contribution >= 0.6 is 0 Å². The summed E-state index contributed by atoms with van der Waals surface area (Å²) >= 11 is 0. The van der Waals surface area contributed by atoms with E-state index in [-0.39, 0.29) is 11.7 Å². The van der Waals surface area contributed by atoms with Crippen LogP contribution in [0, 0.1) is 5.92 Å². The summed E-state index contributed by atoms with van der Waals surface area (Å²) in [6.45, 7) is 8.75. The Hall–Kier alpha value is -0.850. The molecule has 0 saturated heterocycles. The molecule has 56 valence electrons. The lowest BCUT2D eigenvalue weighted by Crippen LogP contribution is -2.06. The minimum absolute atomic E-state index is 0.0259. The van der Waals surface area contributed by atoms with Crippen LogP contribution in [0.15, 0.2) is 25.3 Å². The lowest BCUT2D eigenvalue weighted by atomic mass is 10.00. The molecule has 0 rings (SSSR count). The molecule has 10 heavy (non-hydrogen) atoms. The molecule has 0 saturated carbocycles. The van der Waals surface area contributed by atoms with Crippen LogP contribution < -0.4 is 0 Å². The first-order valence-electron chi connectivity index (χ1n) is 3.46. The van der Waals surface area contributed by atoms with Gasteiger partial charge < -0.3 is 0 Å². The van der Waals surface area contributed by atoms with Crippen LogP contribution in [0.2, 0.25) is 0 Å². The zero-order valence-corrected chi connectivity index (χ0v) is 6.47. The molecule has 0 N–H and O–H groups in total. The largest absolute Gasteiger partial charge is 0.299 e. The lowest BCUT2D eigenvalue weighted by Gasteiger charge is -2.04. The van der Waals surface area contributed by atoms with Gasteiger partial charge in [-0.25, -0.2) is 0 Å². The highest BCUT2D eigenvalue weighted by atomic mass is 16.1. The molecule has 1 heteroatoms. The van der Waals surface area contributed by atoms with Crippen molar-refractivity contribution in [3.05, 3.63) is 25.3 Å². The summed E-state index contributed by atoms with van der Waals surface area (Å²) < 4.78 is 0. The van der Waals surface area contributed by atoms with E-state index in [1.165, 1.54) is 0 Å². The fourth-order valence-electron chi connectivity index (χ4n) is 0.784. The number of hydrogen-bond acceptors (Lipinski definition) is 1. The highest BCUT2D eigenvalue weighted by Crippen LogP contribution is 2.08. The quantitative estimate of drug-likeness (QED) is 0.533. The first kappa shape index (κ1) is 9.15. The first-order valence-corrected chi connectivity index (χ1v) is 3.46. The third-order valence-electron chi connectivity index (χ3n) is 1.49. The van der Waals surface area contributed by atoms with E-state index in [1.54, 1.807) is 13.0 Å². The summed E-state index contributed by atoms with van der Waals surface area (Å²) in [7, 11) is 0. The van der Waals surface area contributed by atoms with Gasteiger partial charge >= 0.3 is 0 Å². The molecular weight excluding hydrogens is 124 g/mol. The van der Waals surface area contributed by atoms with Crippen molar-refractivity contribution < 1.29 is 4.79 Å². The molecule has 0 amide bonds. The Morgan fingerprint density at radius 3 is 2.50 bits per heavy atom. The molecule has 0 heterocycles. The van der Waals surface area contributed by atoms with Crippen LogP contribution in [0.25, 0.3) is 0 Å².